The number of nitrogens with one attached hydrogen (secondary N) is 1. The van der Waals surface area contributed by atoms with Crippen LogP contribution in [0.2, 0.25) is 0 Å². The summed E-state index contributed by atoms with van der Waals surface area (Å²) in [7, 11) is 0. The van der Waals surface area contributed by atoms with Gasteiger partial charge in [-0.15, -0.1) is 22.7 Å². The van der Waals surface area contributed by atoms with Crippen LogP contribution < -0.4 is 0 Å². The molecular formula is C10H9N5S2. The molecule has 0 spiro atoms. The third kappa shape index (κ3) is 1.87. The Labute approximate surface area is 106 Å². The second-order valence-corrected chi connectivity index (χ2v) is 5.58. The second kappa shape index (κ2) is 4.01. The van der Waals surface area contributed by atoms with Crippen molar-refractivity contribution < 1.29 is 0 Å². The van der Waals surface area contributed by atoms with E-state index in [9.17, 15) is 0 Å². The molecule has 86 valence electrons. The minimum absolute atomic E-state index is 0.708. The van der Waals surface area contributed by atoms with Crippen molar-refractivity contribution in [3.63, 3.8) is 0 Å². The molecule has 7 heteroatoms. The average Bonchev–Trinajstić information content (AvgIpc) is 2.97. The van der Waals surface area contributed by atoms with Gasteiger partial charge in [0.05, 0.1) is 21.3 Å². The van der Waals surface area contributed by atoms with Crippen LogP contribution >= 0.6 is 22.7 Å². The topological polar surface area (TPSA) is 67.3 Å². The molecule has 3 rings (SSSR count). The maximum atomic E-state index is 4.55. The van der Waals surface area contributed by atoms with Gasteiger partial charge in [-0.25, -0.2) is 15.0 Å². The Morgan fingerprint density at radius 1 is 1.24 bits per heavy atom. The molecule has 0 saturated carbocycles. The highest BCUT2D eigenvalue weighted by Crippen LogP contribution is 2.32. The number of aryl methyl sites for hydroxylation is 2. The van der Waals surface area contributed by atoms with Crippen molar-refractivity contribution in [1.82, 2.24) is 25.1 Å². The van der Waals surface area contributed by atoms with Gasteiger partial charge < -0.3 is 0 Å². The molecule has 0 radical (unpaired) electrons. The minimum atomic E-state index is 0.708. The van der Waals surface area contributed by atoms with Crippen LogP contribution in [0.15, 0.2) is 11.7 Å². The third-order valence-corrected chi connectivity index (χ3v) is 4.20. The first-order valence-electron chi connectivity index (χ1n) is 4.99. The minimum Gasteiger partial charge on any atom is -0.257 e. The van der Waals surface area contributed by atoms with E-state index >= 15 is 0 Å². The average molecular weight is 263 g/mol. The molecule has 3 heterocycles. The molecule has 0 atom stereocenters. The number of aromatic amines is 1. The highest BCUT2D eigenvalue weighted by molar-refractivity contribution is 7.16. The van der Waals surface area contributed by atoms with Gasteiger partial charge >= 0.3 is 0 Å². The van der Waals surface area contributed by atoms with Crippen LogP contribution in [0.3, 0.4) is 0 Å². The van der Waals surface area contributed by atoms with Crippen LogP contribution in [0, 0.1) is 13.8 Å². The largest absolute Gasteiger partial charge is 0.257 e. The lowest BCUT2D eigenvalue weighted by molar-refractivity contribution is 1.09. The summed E-state index contributed by atoms with van der Waals surface area (Å²) in [6, 6.07) is 0. The fraction of sp³-hybridized carbons (Fsp3) is 0.200. The predicted molar refractivity (Wildman–Crippen MR) is 68.1 cm³/mol. The molecule has 0 aromatic carbocycles. The van der Waals surface area contributed by atoms with Crippen molar-refractivity contribution in [3.8, 4) is 21.4 Å². The molecule has 3 aromatic heterocycles. The lowest BCUT2D eigenvalue weighted by Gasteiger charge is -1.90. The number of H-pyrrole nitrogens is 1. The van der Waals surface area contributed by atoms with Gasteiger partial charge in [-0.1, -0.05) is 0 Å². The predicted octanol–water partition coefficient (Wildman–Crippen LogP) is 2.67. The molecule has 3 aromatic rings. The zero-order valence-corrected chi connectivity index (χ0v) is 10.9. The maximum absolute atomic E-state index is 4.55. The molecule has 0 saturated heterocycles. The van der Waals surface area contributed by atoms with Crippen molar-refractivity contribution in [3.05, 3.63) is 22.4 Å². The molecule has 0 amide bonds. The van der Waals surface area contributed by atoms with Crippen LogP contribution in [0.4, 0.5) is 0 Å². The fourth-order valence-electron chi connectivity index (χ4n) is 1.56. The summed E-state index contributed by atoms with van der Waals surface area (Å²) in [6.45, 7) is 4.01. The van der Waals surface area contributed by atoms with E-state index in [-0.39, 0.29) is 0 Å². The molecule has 0 bridgehead atoms. The van der Waals surface area contributed by atoms with Crippen molar-refractivity contribution >= 4 is 22.7 Å². The monoisotopic (exact) mass is 263 g/mol. The summed E-state index contributed by atoms with van der Waals surface area (Å²) in [5.41, 5.74) is 1.99. The number of aromatic nitrogens is 5. The molecule has 0 aliphatic rings. The second-order valence-electron chi connectivity index (χ2n) is 3.52. The highest BCUT2D eigenvalue weighted by atomic mass is 32.1. The highest BCUT2D eigenvalue weighted by Gasteiger charge is 2.13. The van der Waals surface area contributed by atoms with Crippen LogP contribution in [0.1, 0.15) is 10.7 Å². The number of rotatable bonds is 2. The van der Waals surface area contributed by atoms with Crippen molar-refractivity contribution in [2.75, 3.05) is 0 Å². The Balaban J connectivity index is 2.03. The first-order valence-corrected chi connectivity index (χ1v) is 6.69. The van der Waals surface area contributed by atoms with E-state index in [1.807, 2.05) is 19.2 Å². The molecule has 0 unspecified atom stereocenters. The molecule has 0 aliphatic heterocycles. The summed E-state index contributed by atoms with van der Waals surface area (Å²) < 4.78 is 0. The normalized spacial score (nSPS) is 10.9. The quantitative estimate of drug-likeness (QED) is 0.772. The SMILES string of the molecule is Cc1nc(C)c(-c2csc(-c3ncn[nH]3)n2)s1. The van der Waals surface area contributed by atoms with Crippen LogP contribution in [-0.2, 0) is 0 Å². The van der Waals surface area contributed by atoms with E-state index in [4.69, 9.17) is 0 Å². The number of thiazole rings is 2. The number of nitrogens with zero attached hydrogens (tertiary/aromatic N) is 4. The maximum Gasteiger partial charge on any atom is 0.184 e. The Bertz CT molecular complexity index is 638. The summed E-state index contributed by atoms with van der Waals surface area (Å²) in [4.78, 5) is 14.2. The van der Waals surface area contributed by atoms with Gasteiger partial charge in [0.2, 0.25) is 0 Å². The zero-order chi connectivity index (χ0) is 11.8. The van der Waals surface area contributed by atoms with Crippen LogP contribution in [-0.4, -0.2) is 25.1 Å². The number of hydrogen-bond acceptors (Lipinski definition) is 6. The molecule has 17 heavy (non-hydrogen) atoms. The van der Waals surface area contributed by atoms with Crippen LogP contribution in [0.5, 0.6) is 0 Å². The molecular weight excluding hydrogens is 254 g/mol. The van der Waals surface area contributed by atoms with E-state index in [2.05, 4.69) is 25.1 Å². The molecule has 0 fully saturated rings. The van der Waals surface area contributed by atoms with Gasteiger partial charge in [0, 0.05) is 5.38 Å². The Kier molecular flexibility index (Phi) is 2.49. The van der Waals surface area contributed by atoms with E-state index < -0.39 is 0 Å². The first-order chi connectivity index (χ1) is 8.24. The molecule has 0 aliphatic carbocycles. The lowest BCUT2D eigenvalue weighted by Crippen LogP contribution is -1.81. The van der Waals surface area contributed by atoms with E-state index in [1.165, 1.54) is 6.33 Å². The third-order valence-electron chi connectivity index (χ3n) is 2.26. The Morgan fingerprint density at radius 2 is 2.12 bits per heavy atom. The fourth-order valence-corrected chi connectivity index (χ4v) is 3.27. The van der Waals surface area contributed by atoms with Gasteiger partial charge in [0.15, 0.2) is 10.8 Å². The van der Waals surface area contributed by atoms with Crippen molar-refractivity contribution in [2.24, 2.45) is 0 Å². The van der Waals surface area contributed by atoms with Gasteiger partial charge in [0.1, 0.15) is 6.33 Å². The summed E-state index contributed by atoms with van der Waals surface area (Å²) in [6.07, 6.45) is 1.48. The Hall–Kier alpha value is -1.60. The molecule has 5 nitrogen and oxygen atoms in total. The summed E-state index contributed by atoms with van der Waals surface area (Å²) >= 11 is 3.22. The van der Waals surface area contributed by atoms with Gasteiger partial charge in [-0.2, -0.15) is 5.10 Å². The zero-order valence-electron chi connectivity index (χ0n) is 9.26. The molecule has 1 N–H and O–H groups in total. The van der Waals surface area contributed by atoms with E-state index in [1.54, 1.807) is 22.7 Å². The lowest BCUT2D eigenvalue weighted by atomic mass is 10.3. The number of hydrogen-bond donors (Lipinski definition) is 1. The van der Waals surface area contributed by atoms with Gasteiger partial charge in [-0.3, -0.25) is 5.10 Å². The van der Waals surface area contributed by atoms with Crippen molar-refractivity contribution in [1.29, 1.82) is 0 Å². The van der Waals surface area contributed by atoms with Crippen molar-refractivity contribution in [2.45, 2.75) is 13.8 Å². The first kappa shape index (κ1) is 10.5. The standard InChI is InChI=1S/C10H9N5S2/c1-5-8(17-6(2)13-5)7-3-16-10(14-7)9-11-4-12-15-9/h3-4H,1-2H3,(H,11,12,15). The Morgan fingerprint density at radius 3 is 2.76 bits per heavy atom. The van der Waals surface area contributed by atoms with Gasteiger partial charge in [0.25, 0.3) is 0 Å². The van der Waals surface area contributed by atoms with Crippen LogP contribution in [0.25, 0.3) is 21.4 Å². The summed E-state index contributed by atoms with van der Waals surface area (Å²) in [5.74, 6) is 0.708. The van der Waals surface area contributed by atoms with E-state index in [0.717, 1.165) is 26.3 Å². The van der Waals surface area contributed by atoms with Gasteiger partial charge in [-0.05, 0) is 13.8 Å². The summed E-state index contributed by atoms with van der Waals surface area (Å²) in [5, 5.41) is 10.6. The van der Waals surface area contributed by atoms with E-state index in [0.29, 0.717) is 5.82 Å². The smallest absolute Gasteiger partial charge is 0.184 e.